The Balaban J connectivity index is 1.73. The number of likely N-dealkylation sites (N-methyl/N-ethyl adjacent to an activating group) is 1. The molecule has 0 atom stereocenters. The van der Waals surface area contributed by atoms with Gasteiger partial charge in [-0.3, -0.25) is 14.6 Å². The largest absolute Gasteiger partial charge is 0.480 e. The van der Waals surface area contributed by atoms with Crippen LogP contribution in [0.2, 0.25) is 0 Å². The summed E-state index contributed by atoms with van der Waals surface area (Å²) in [5.74, 6) is -0.868. The minimum atomic E-state index is -4.22. The van der Waals surface area contributed by atoms with Crippen molar-refractivity contribution >= 4 is 12.0 Å². The van der Waals surface area contributed by atoms with Gasteiger partial charge in [-0.25, -0.2) is 4.79 Å². The number of alkyl halides is 3. The Bertz CT molecular complexity index is 498. The first-order valence-electron chi connectivity index (χ1n) is 8.98. The molecule has 0 spiro atoms. The van der Waals surface area contributed by atoms with Crippen LogP contribution in [0.1, 0.15) is 26.2 Å². The zero-order chi connectivity index (χ0) is 19.3. The predicted molar refractivity (Wildman–Crippen MR) is 88.9 cm³/mol. The van der Waals surface area contributed by atoms with Crippen LogP contribution >= 0.6 is 0 Å². The number of amides is 2. The Morgan fingerprint density at radius 2 is 1.88 bits per heavy atom. The van der Waals surface area contributed by atoms with E-state index in [0.29, 0.717) is 38.9 Å². The third-order valence-electron chi connectivity index (χ3n) is 4.98. The van der Waals surface area contributed by atoms with E-state index in [0.717, 1.165) is 0 Å². The average Bonchev–Trinajstić information content (AvgIpc) is 2.72. The minimum Gasteiger partial charge on any atom is -0.480 e. The van der Waals surface area contributed by atoms with Gasteiger partial charge in [0.25, 0.3) is 0 Å². The fraction of sp³-hybridized carbons (Fsp3) is 0.875. The number of rotatable bonds is 6. The van der Waals surface area contributed by atoms with Crippen molar-refractivity contribution in [3.63, 3.8) is 0 Å². The molecule has 150 valence electrons. The summed E-state index contributed by atoms with van der Waals surface area (Å²) < 4.78 is 37.5. The molecule has 0 aromatic rings. The molecular weight excluding hydrogens is 353 g/mol. The first kappa shape index (κ1) is 20.8. The number of hydrogen-bond acceptors (Lipinski definition) is 4. The van der Waals surface area contributed by atoms with Gasteiger partial charge < -0.3 is 15.3 Å². The second kappa shape index (κ2) is 8.90. The van der Waals surface area contributed by atoms with Crippen molar-refractivity contribution in [2.75, 3.05) is 45.8 Å². The second-order valence-electron chi connectivity index (χ2n) is 6.96. The van der Waals surface area contributed by atoms with Gasteiger partial charge in [0.1, 0.15) is 0 Å². The average molecular weight is 380 g/mol. The number of carbonyl (C=O) groups excluding carboxylic acids is 1. The van der Waals surface area contributed by atoms with E-state index in [2.05, 4.69) is 5.32 Å². The van der Waals surface area contributed by atoms with Crippen LogP contribution in [0, 0.1) is 0 Å². The van der Waals surface area contributed by atoms with Gasteiger partial charge in [0, 0.05) is 38.3 Å². The molecule has 2 rings (SSSR count). The molecular formula is C16H27F3N4O3. The fourth-order valence-electron chi connectivity index (χ4n) is 3.53. The van der Waals surface area contributed by atoms with Gasteiger partial charge in [0.2, 0.25) is 0 Å². The molecule has 2 fully saturated rings. The molecule has 2 N–H and O–H groups in total. The predicted octanol–water partition coefficient (Wildman–Crippen LogP) is 1.20. The standard InChI is InChI=1S/C16H27F3N4O3/c1-2-22(10-14(24)25)13-8-12(9-13)20-15(26)23-5-3-4-21(6-7-23)11-16(17,18)19/h12-13H,2-11H2,1H3,(H,20,26)(H,24,25). The maximum atomic E-state index is 12.5. The highest BCUT2D eigenvalue weighted by Gasteiger charge is 2.36. The molecule has 1 aliphatic carbocycles. The first-order chi connectivity index (χ1) is 12.2. The zero-order valence-corrected chi connectivity index (χ0v) is 15.0. The molecule has 0 aromatic carbocycles. The number of hydrogen-bond donors (Lipinski definition) is 2. The van der Waals surface area contributed by atoms with Gasteiger partial charge in [0.05, 0.1) is 13.1 Å². The lowest BCUT2D eigenvalue weighted by Gasteiger charge is -2.42. The van der Waals surface area contributed by atoms with Gasteiger partial charge in [-0.05, 0) is 25.8 Å². The molecule has 0 unspecified atom stereocenters. The molecule has 1 saturated carbocycles. The van der Waals surface area contributed by atoms with Gasteiger partial charge >= 0.3 is 18.2 Å². The number of nitrogens with one attached hydrogen (secondary N) is 1. The molecule has 0 bridgehead atoms. The van der Waals surface area contributed by atoms with Gasteiger partial charge in [-0.1, -0.05) is 6.92 Å². The molecule has 26 heavy (non-hydrogen) atoms. The van der Waals surface area contributed by atoms with Crippen molar-refractivity contribution < 1.29 is 27.9 Å². The smallest absolute Gasteiger partial charge is 0.401 e. The van der Waals surface area contributed by atoms with Crippen LogP contribution in [-0.4, -0.2) is 95.9 Å². The fourth-order valence-corrected chi connectivity index (χ4v) is 3.53. The lowest BCUT2D eigenvalue weighted by Crippen LogP contribution is -2.57. The number of carbonyl (C=O) groups is 2. The lowest BCUT2D eigenvalue weighted by molar-refractivity contribution is -0.145. The van der Waals surface area contributed by atoms with Gasteiger partial charge in [-0.15, -0.1) is 0 Å². The van der Waals surface area contributed by atoms with Crippen LogP contribution in [0.25, 0.3) is 0 Å². The number of carboxylic acid groups (broad SMARTS) is 1. The van der Waals surface area contributed by atoms with Crippen molar-refractivity contribution in [2.24, 2.45) is 0 Å². The molecule has 2 amide bonds. The highest BCUT2D eigenvalue weighted by Crippen LogP contribution is 2.26. The Hall–Kier alpha value is -1.55. The number of carboxylic acids is 1. The number of aliphatic carboxylic acids is 1. The summed E-state index contributed by atoms with van der Waals surface area (Å²) in [5, 5.41) is 11.8. The molecule has 1 aliphatic heterocycles. The maximum absolute atomic E-state index is 12.5. The third kappa shape index (κ3) is 6.31. The topological polar surface area (TPSA) is 76.1 Å². The summed E-state index contributed by atoms with van der Waals surface area (Å²) in [5.41, 5.74) is 0. The van der Waals surface area contributed by atoms with Crippen LogP contribution in [0.15, 0.2) is 0 Å². The molecule has 1 heterocycles. The first-order valence-corrected chi connectivity index (χ1v) is 8.98. The van der Waals surface area contributed by atoms with Crippen LogP contribution in [0.4, 0.5) is 18.0 Å². The molecule has 7 nitrogen and oxygen atoms in total. The van der Waals surface area contributed by atoms with Crippen LogP contribution in [0.3, 0.4) is 0 Å². The quantitative estimate of drug-likeness (QED) is 0.724. The summed E-state index contributed by atoms with van der Waals surface area (Å²) in [6, 6.07) is -0.110. The van der Waals surface area contributed by atoms with Crippen molar-refractivity contribution in [1.82, 2.24) is 20.0 Å². The second-order valence-corrected chi connectivity index (χ2v) is 6.96. The summed E-state index contributed by atoms with van der Waals surface area (Å²) in [6.45, 7) is 2.84. The zero-order valence-electron chi connectivity index (χ0n) is 15.0. The summed E-state index contributed by atoms with van der Waals surface area (Å²) >= 11 is 0. The van der Waals surface area contributed by atoms with Crippen molar-refractivity contribution in [2.45, 2.75) is 44.4 Å². The van der Waals surface area contributed by atoms with Crippen molar-refractivity contribution in [3.8, 4) is 0 Å². The molecule has 10 heteroatoms. The van der Waals surface area contributed by atoms with Crippen molar-refractivity contribution in [3.05, 3.63) is 0 Å². The molecule has 0 aromatic heterocycles. The minimum absolute atomic E-state index is 0.00937. The molecule has 1 saturated heterocycles. The van der Waals surface area contributed by atoms with E-state index in [-0.39, 0.29) is 37.7 Å². The van der Waals surface area contributed by atoms with E-state index in [1.165, 1.54) is 4.90 Å². The van der Waals surface area contributed by atoms with Crippen LogP contribution < -0.4 is 5.32 Å². The normalized spacial score (nSPS) is 24.9. The SMILES string of the molecule is CCN(CC(=O)O)C1CC(NC(=O)N2CCCN(CC(F)(F)F)CC2)C1. The Morgan fingerprint density at radius 3 is 2.46 bits per heavy atom. The van der Waals surface area contributed by atoms with E-state index in [4.69, 9.17) is 5.11 Å². The van der Waals surface area contributed by atoms with Gasteiger partial charge in [0.15, 0.2) is 0 Å². The molecule has 2 aliphatic rings. The van der Waals surface area contributed by atoms with Crippen molar-refractivity contribution in [1.29, 1.82) is 0 Å². The maximum Gasteiger partial charge on any atom is 0.401 e. The van der Waals surface area contributed by atoms with Gasteiger partial charge in [-0.2, -0.15) is 13.2 Å². The summed E-state index contributed by atoms with van der Waals surface area (Å²) in [4.78, 5) is 27.9. The van der Waals surface area contributed by atoms with E-state index in [1.807, 2.05) is 11.8 Å². The number of halogens is 3. The summed E-state index contributed by atoms with van der Waals surface area (Å²) in [7, 11) is 0. The van der Waals surface area contributed by atoms with E-state index >= 15 is 0 Å². The van der Waals surface area contributed by atoms with E-state index in [1.54, 1.807) is 4.90 Å². The monoisotopic (exact) mass is 380 g/mol. The van der Waals surface area contributed by atoms with E-state index in [9.17, 15) is 22.8 Å². The highest BCUT2D eigenvalue weighted by molar-refractivity contribution is 5.74. The number of nitrogens with zero attached hydrogens (tertiary/aromatic N) is 3. The Labute approximate surface area is 151 Å². The van der Waals surface area contributed by atoms with Crippen LogP contribution in [-0.2, 0) is 4.79 Å². The Morgan fingerprint density at radius 1 is 1.19 bits per heavy atom. The Kier molecular flexibility index (Phi) is 7.10. The molecule has 0 radical (unpaired) electrons. The third-order valence-corrected chi connectivity index (χ3v) is 4.98. The van der Waals surface area contributed by atoms with Crippen LogP contribution in [0.5, 0.6) is 0 Å². The highest BCUT2D eigenvalue weighted by atomic mass is 19.4. The summed E-state index contributed by atoms with van der Waals surface area (Å²) in [6.07, 6.45) is -2.32. The lowest BCUT2D eigenvalue weighted by atomic mass is 9.85. The van der Waals surface area contributed by atoms with E-state index < -0.39 is 18.7 Å². The number of urea groups is 1.